The first kappa shape index (κ1) is 10.8. The number of nitrogens with zero attached hydrogens (tertiary/aromatic N) is 3. The summed E-state index contributed by atoms with van der Waals surface area (Å²) in [5.74, 6) is 1.68. The van der Waals surface area contributed by atoms with Gasteiger partial charge >= 0.3 is 0 Å². The summed E-state index contributed by atoms with van der Waals surface area (Å²) >= 11 is 0. The number of rotatable bonds is 3. The second-order valence-corrected chi connectivity index (χ2v) is 4.03. The minimum atomic E-state index is 0.677. The Labute approximate surface area is 105 Å². The molecule has 0 aliphatic rings. The van der Waals surface area contributed by atoms with Crippen LogP contribution in [-0.4, -0.2) is 21.6 Å². The van der Waals surface area contributed by atoms with Gasteiger partial charge in [-0.05, 0) is 30.3 Å². The van der Waals surface area contributed by atoms with Crippen molar-refractivity contribution in [3.8, 4) is 5.75 Å². The van der Waals surface area contributed by atoms with Gasteiger partial charge in [-0.15, -0.1) is 0 Å². The molecule has 2 aromatic heterocycles. The second kappa shape index (κ2) is 4.49. The molecule has 0 fully saturated rings. The Morgan fingerprint density at radius 2 is 2.00 bits per heavy atom. The summed E-state index contributed by atoms with van der Waals surface area (Å²) in [6.07, 6.45) is 5.56. The van der Waals surface area contributed by atoms with E-state index in [4.69, 9.17) is 4.74 Å². The molecule has 3 rings (SSSR count). The Kier molecular flexibility index (Phi) is 2.68. The number of hydrogen-bond donors (Lipinski definition) is 0. The Hall–Kier alpha value is -2.36. The lowest BCUT2D eigenvalue weighted by Crippen LogP contribution is -2.02. The highest BCUT2D eigenvalue weighted by molar-refractivity contribution is 5.81. The van der Waals surface area contributed by atoms with Crippen molar-refractivity contribution in [2.45, 2.75) is 6.54 Å². The number of aromatic nitrogens is 3. The first-order valence-corrected chi connectivity index (χ1v) is 5.75. The van der Waals surface area contributed by atoms with E-state index in [0.717, 1.165) is 22.5 Å². The van der Waals surface area contributed by atoms with Gasteiger partial charge in [0, 0.05) is 29.5 Å². The Morgan fingerprint density at radius 3 is 2.78 bits per heavy atom. The van der Waals surface area contributed by atoms with E-state index in [1.54, 1.807) is 19.5 Å². The van der Waals surface area contributed by atoms with E-state index in [9.17, 15) is 0 Å². The summed E-state index contributed by atoms with van der Waals surface area (Å²) in [6.45, 7) is 0.677. The fraction of sp³-hybridized carbons (Fsp3) is 0.143. The summed E-state index contributed by atoms with van der Waals surface area (Å²) in [5.41, 5.74) is 1.16. The van der Waals surface area contributed by atoms with Crippen LogP contribution in [0.25, 0.3) is 10.9 Å². The van der Waals surface area contributed by atoms with Crippen molar-refractivity contribution in [2.75, 3.05) is 7.11 Å². The standard InChI is InChI=1S/C14H13N3O/c1-18-12-3-4-13-11(9-12)5-8-17(13)10-14-15-6-2-7-16-14/h2-9H,10H2,1H3. The van der Waals surface area contributed by atoms with Crippen LogP contribution >= 0.6 is 0 Å². The predicted molar refractivity (Wildman–Crippen MR) is 69.6 cm³/mol. The zero-order chi connectivity index (χ0) is 12.4. The van der Waals surface area contributed by atoms with Crippen LogP contribution in [0.15, 0.2) is 48.9 Å². The highest BCUT2D eigenvalue weighted by atomic mass is 16.5. The smallest absolute Gasteiger partial charge is 0.147 e. The molecule has 0 spiro atoms. The summed E-state index contributed by atoms with van der Waals surface area (Å²) in [5, 5.41) is 1.16. The third-order valence-corrected chi connectivity index (χ3v) is 2.91. The topological polar surface area (TPSA) is 39.9 Å². The van der Waals surface area contributed by atoms with Crippen LogP contribution in [0.4, 0.5) is 0 Å². The molecule has 4 nitrogen and oxygen atoms in total. The summed E-state index contributed by atoms with van der Waals surface area (Å²) in [7, 11) is 1.68. The van der Waals surface area contributed by atoms with E-state index < -0.39 is 0 Å². The predicted octanol–water partition coefficient (Wildman–Crippen LogP) is 2.49. The molecule has 0 amide bonds. The quantitative estimate of drug-likeness (QED) is 0.705. The van der Waals surface area contributed by atoms with E-state index in [1.807, 2.05) is 24.4 Å². The first-order valence-electron chi connectivity index (χ1n) is 5.75. The molecule has 4 heteroatoms. The van der Waals surface area contributed by atoms with Crippen LogP contribution in [0.3, 0.4) is 0 Å². The molecule has 3 aromatic rings. The third-order valence-electron chi connectivity index (χ3n) is 2.91. The lowest BCUT2D eigenvalue weighted by Gasteiger charge is -2.05. The average Bonchev–Trinajstić information content (AvgIpc) is 2.82. The second-order valence-electron chi connectivity index (χ2n) is 4.03. The van der Waals surface area contributed by atoms with Gasteiger partial charge in [-0.2, -0.15) is 0 Å². The van der Waals surface area contributed by atoms with Gasteiger partial charge in [-0.25, -0.2) is 9.97 Å². The van der Waals surface area contributed by atoms with E-state index in [0.29, 0.717) is 6.54 Å². The lowest BCUT2D eigenvalue weighted by molar-refractivity contribution is 0.415. The van der Waals surface area contributed by atoms with Crippen LogP contribution in [0.1, 0.15) is 5.82 Å². The third kappa shape index (κ3) is 1.93. The van der Waals surface area contributed by atoms with Gasteiger partial charge in [0.2, 0.25) is 0 Å². The van der Waals surface area contributed by atoms with Crippen molar-refractivity contribution in [3.63, 3.8) is 0 Å². The van der Waals surface area contributed by atoms with E-state index in [-0.39, 0.29) is 0 Å². The van der Waals surface area contributed by atoms with Gasteiger partial charge in [0.05, 0.1) is 13.7 Å². The number of hydrogen-bond acceptors (Lipinski definition) is 3. The van der Waals surface area contributed by atoms with Crippen LogP contribution in [0, 0.1) is 0 Å². The van der Waals surface area contributed by atoms with Crippen molar-refractivity contribution in [2.24, 2.45) is 0 Å². The number of ether oxygens (including phenoxy) is 1. The van der Waals surface area contributed by atoms with Gasteiger partial charge in [0.15, 0.2) is 0 Å². The monoisotopic (exact) mass is 239 g/mol. The van der Waals surface area contributed by atoms with E-state index in [1.165, 1.54) is 0 Å². The normalized spacial score (nSPS) is 10.7. The molecule has 18 heavy (non-hydrogen) atoms. The highest BCUT2D eigenvalue weighted by Gasteiger charge is 2.04. The van der Waals surface area contributed by atoms with Gasteiger partial charge in [-0.3, -0.25) is 0 Å². The zero-order valence-corrected chi connectivity index (χ0v) is 10.1. The van der Waals surface area contributed by atoms with Gasteiger partial charge in [-0.1, -0.05) is 0 Å². The summed E-state index contributed by atoms with van der Waals surface area (Å²) in [6, 6.07) is 9.93. The number of benzene rings is 1. The molecular formula is C14H13N3O. The van der Waals surface area contributed by atoms with Crippen molar-refractivity contribution >= 4 is 10.9 Å². The number of methoxy groups -OCH3 is 1. The maximum Gasteiger partial charge on any atom is 0.147 e. The van der Waals surface area contributed by atoms with Crippen LogP contribution in [0.5, 0.6) is 5.75 Å². The Morgan fingerprint density at radius 1 is 1.17 bits per heavy atom. The van der Waals surface area contributed by atoms with Gasteiger partial charge in [0.1, 0.15) is 11.6 Å². The van der Waals surface area contributed by atoms with Crippen LogP contribution in [0.2, 0.25) is 0 Å². The fourth-order valence-corrected chi connectivity index (χ4v) is 2.01. The highest BCUT2D eigenvalue weighted by Crippen LogP contribution is 2.22. The largest absolute Gasteiger partial charge is 0.497 e. The molecule has 0 radical (unpaired) electrons. The minimum Gasteiger partial charge on any atom is -0.497 e. The Bertz CT molecular complexity index is 661. The first-order chi connectivity index (χ1) is 8.86. The SMILES string of the molecule is COc1ccc2c(ccn2Cc2ncccn2)c1. The summed E-state index contributed by atoms with van der Waals surface area (Å²) < 4.78 is 7.34. The van der Waals surface area contributed by atoms with Gasteiger partial charge < -0.3 is 9.30 Å². The molecule has 0 unspecified atom stereocenters. The van der Waals surface area contributed by atoms with Crippen molar-refractivity contribution in [1.82, 2.24) is 14.5 Å². The Balaban J connectivity index is 1.98. The van der Waals surface area contributed by atoms with Crippen LogP contribution in [-0.2, 0) is 6.54 Å². The molecule has 90 valence electrons. The molecule has 0 aliphatic heterocycles. The molecule has 0 saturated carbocycles. The molecule has 0 N–H and O–H groups in total. The zero-order valence-electron chi connectivity index (χ0n) is 10.1. The molecular weight excluding hydrogens is 226 g/mol. The van der Waals surface area contributed by atoms with E-state index >= 15 is 0 Å². The molecule has 0 bridgehead atoms. The van der Waals surface area contributed by atoms with E-state index in [2.05, 4.69) is 26.7 Å². The molecule has 0 saturated heterocycles. The van der Waals surface area contributed by atoms with Crippen molar-refractivity contribution in [1.29, 1.82) is 0 Å². The maximum atomic E-state index is 5.22. The minimum absolute atomic E-state index is 0.677. The van der Waals surface area contributed by atoms with Crippen LogP contribution < -0.4 is 4.74 Å². The maximum absolute atomic E-state index is 5.22. The fourth-order valence-electron chi connectivity index (χ4n) is 2.01. The summed E-state index contributed by atoms with van der Waals surface area (Å²) in [4.78, 5) is 8.48. The molecule has 0 aliphatic carbocycles. The molecule has 1 aromatic carbocycles. The van der Waals surface area contributed by atoms with Crippen molar-refractivity contribution < 1.29 is 4.74 Å². The molecule has 0 atom stereocenters. The van der Waals surface area contributed by atoms with Crippen molar-refractivity contribution in [3.05, 3.63) is 54.7 Å². The average molecular weight is 239 g/mol. The lowest BCUT2D eigenvalue weighted by atomic mass is 10.2. The number of fused-ring (bicyclic) bond motifs is 1. The molecule has 2 heterocycles. The van der Waals surface area contributed by atoms with Gasteiger partial charge in [0.25, 0.3) is 0 Å².